The van der Waals surface area contributed by atoms with Crippen molar-refractivity contribution in [2.75, 3.05) is 6.54 Å². The minimum atomic E-state index is -1.03. The standard InChI is InChI=1S/C30H28N2O5/c1-20-25(24-19-32(28(35)36-24)18-21-8-4-2-5-9-21)26(37-31-20)29(30(16-17-30)27(33)34)14-12-23(13-15-29)22-10-6-3-7-11-22/h2-15,23-24H,16-19H2,1H3,(H,33,34). The average Bonchev–Trinajstić information content (AvgIpc) is 3.56. The summed E-state index contributed by atoms with van der Waals surface area (Å²) >= 11 is 0. The summed E-state index contributed by atoms with van der Waals surface area (Å²) in [4.78, 5) is 27.1. The third kappa shape index (κ3) is 3.77. The number of carboxylic acid groups (broad SMARTS) is 1. The molecule has 2 heterocycles. The van der Waals surface area contributed by atoms with Crippen LogP contribution in [0.1, 0.15) is 53.0 Å². The predicted octanol–water partition coefficient (Wildman–Crippen LogP) is 5.69. The first kappa shape index (κ1) is 23.3. The molecule has 3 aromatic rings. The SMILES string of the molecule is Cc1noc(C2(C3(C(=O)O)CC3)C=CC(c3ccccc3)C=C2)c1C1CN(Cc2ccccc2)C(=O)O1. The average molecular weight is 497 g/mol. The van der Waals surface area contributed by atoms with Gasteiger partial charge in [-0.1, -0.05) is 90.1 Å². The molecule has 37 heavy (non-hydrogen) atoms. The number of ether oxygens (including phenoxy) is 1. The molecule has 1 aliphatic heterocycles. The molecule has 7 nitrogen and oxygen atoms in total. The predicted molar refractivity (Wildman–Crippen MR) is 136 cm³/mol. The molecule has 2 fully saturated rings. The van der Waals surface area contributed by atoms with Gasteiger partial charge in [-0.05, 0) is 30.9 Å². The van der Waals surface area contributed by atoms with Gasteiger partial charge in [0.05, 0.1) is 28.6 Å². The van der Waals surface area contributed by atoms with E-state index in [4.69, 9.17) is 9.26 Å². The molecule has 188 valence electrons. The van der Waals surface area contributed by atoms with Crippen LogP contribution in [0.2, 0.25) is 0 Å². The number of rotatable bonds is 7. The van der Waals surface area contributed by atoms with Crippen molar-refractivity contribution in [1.29, 1.82) is 0 Å². The highest BCUT2D eigenvalue weighted by Gasteiger charge is 2.66. The lowest BCUT2D eigenvalue weighted by molar-refractivity contribution is -0.145. The Morgan fingerprint density at radius 3 is 2.32 bits per heavy atom. The van der Waals surface area contributed by atoms with E-state index < -0.39 is 29.0 Å². The molecule has 1 unspecified atom stereocenters. The van der Waals surface area contributed by atoms with E-state index in [2.05, 4.69) is 17.3 Å². The van der Waals surface area contributed by atoms with E-state index in [9.17, 15) is 14.7 Å². The Hall–Kier alpha value is -4.13. The number of aromatic nitrogens is 1. The van der Waals surface area contributed by atoms with Gasteiger partial charge in [-0.3, -0.25) is 9.69 Å². The van der Waals surface area contributed by atoms with E-state index in [1.165, 1.54) is 0 Å². The number of aliphatic carboxylic acids is 1. The van der Waals surface area contributed by atoms with Crippen molar-refractivity contribution in [3.63, 3.8) is 0 Å². The second-order valence-electron chi connectivity index (χ2n) is 10.2. The fourth-order valence-electron chi connectivity index (χ4n) is 5.79. The fourth-order valence-corrected chi connectivity index (χ4v) is 5.79. The summed E-state index contributed by atoms with van der Waals surface area (Å²) in [7, 11) is 0. The van der Waals surface area contributed by atoms with Crippen molar-refractivity contribution in [3.05, 3.63) is 113 Å². The van der Waals surface area contributed by atoms with Crippen LogP contribution in [-0.4, -0.2) is 33.8 Å². The number of carbonyl (C=O) groups is 2. The summed E-state index contributed by atoms with van der Waals surface area (Å²) in [5, 5.41) is 14.6. The quantitative estimate of drug-likeness (QED) is 0.423. The van der Waals surface area contributed by atoms with E-state index in [1.807, 2.05) is 79.8 Å². The summed E-state index contributed by atoms with van der Waals surface area (Å²) in [6.07, 6.45) is 8.06. The molecule has 1 aromatic heterocycles. The lowest BCUT2D eigenvalue weighted by Gasteiger charge is -2.35. The van der Waals surface area contributed by atoms with Crippen LogP contribution in [0, 0.1) is 12.3 Å². The molecule has 0 bridgehead atoms. The second kappa shape index (κ2) is 8.76. The Kier molecular flexibility index (Phi) is 5.51. The van der Waals surface area contributed by atoms with E-state index in [1.54, 1.807) is 4.90 Å². The first-order valence-electron chi connectivity index (χ1n) is 12.6. The van der Waals surface area contributed by atoms with Crippen LogP contribution in [0.25, 0.3) is 0 Å². The van der Waals surface area contributed by atoms with Crippen LogP contribution in [0.4, 0.5) is 4.79 Å². The van der Waals surface area contributed by atoms with Crippen molar-refractivity contribution >= 4 is 12.1 Å². The Morgan fingerprint density at radius 2 is 1.70 bits per heavy atom. The maximum absolute atomic E-state index is 12.8. The maximum Gasteiger partial charge on any atom is 0.410 e. The van der Waals surface area contributed by atoms with Gasteiger partial charge in [0.25, 0.3) is 0 Å². The van der Waals surface area contributed by atoms with Gasteiger partial charge in [-0.2, -0.15) is 0 Å². The molecule has 0 radical (unpaired) electrons. The summed E-state index contributed by atoms with van der Waals surface area (Å²) < 4.78 is 11.8. The lowest BCUT2D eigenvalue weighted by Crippen LogP contribution is -2.40. The molecule has 2 aromatic carbocycles. The van der Waals surface area contributed by atoms with Crippen LogP contribution >= 0.6 is 0 Å². The van der Waals surface area contributed by atoms with Gasteiger partial charge < -0.3 is 14.4 Å². The summed E-state index contributed by atoms with van der Waals surface area (Å²) in [6, 6.07) is 19.8. The van der Waals surface area contributed by atoms with Gasteiger partial charge in [0.1, 0.15) is 0 Å². The molecule has 0 spiro atoms. The van der Waals surface area contributed by atoms with Gasteiger partial charge in [0.2, 0.25) is 0 Å². The smallest absolute Gasteiger partial charge is 0.410 e. The third-order valence-electron chi connectivity index (χ3n) is 7.98. The molecule has 6 rings (SSSR count). The van der Waals surface area contributed by atoms with Crippen molar-refractivity contribution in [2.24, 2.45) is 5.41 Å². The minimum Gasteiger partial charge on any atom is -0.481 e. The van der Waals surface area contributed by atoms with Crippen molar-refractivity contribution < 1.29 is 24.0 Å². The zero-order valence-corrected chi connectivity index (χ0v) is 20.5. The largest absolute Gasteiger partial charge is 0.481 e. The molecule has 1 atom stereocenters. The highest BCUT2D eigenvalue weighted by atomic mass is 16.6. The van der Waals surface area contributed by atoms with Gasteiger partial charge in [0.15, 0.2) is 11.9 Å². The molecule has 1 saturated carbocycles. The maximum atomic E-state index is 12.8. The molecular formula is C30H28N2O5. The fraction of sp³-hybridized carbons (Fsp3) is 0.300. The summed E-state index contributed by atoms with van der Waals surface area (Å²) in [6.45, 7) is 2.57. The third-order valence-corrected chi connectivity index (χ3v) is 7.98. The highest BCUT2D eigenvalue weighted by molar-refractivity contribution is 5.82. The number of nitrogens with zero attached hydrogens (tertiary/aromatic N) is 2. The van der Waals surface area contributed by atoms with E-state index in [0.29, 0.717) is 42.9 Å². The molecular weight excluding hydrogens is 468 g/mol. The first-order chi connectivity index (χ1) is 17.9. The number of amides is 1. The number of aryl methyl sites for hydroxylation is 1. The van der Waals surface area contributed by atoms with Gasteiger partial charge >= 0.3 is 12.1 Å². The van der Waals surface area contributed by atoms with Crippen molar-refractivity contribution in [2.45, 2.75) is 43.7 Å². The van der Waals surface area contributed by atoms with Gasteiger partial charge in [-0.25, -0.2) is 4.79 Å². The number of carboxylic acids is 1. The number of benzene rings is 2. The van der Waals surface area contributed by atoms with Crippen LogP contribution < -0.4 is 0 Å². The lowest BCUT2D eigenvalue weighted by atomic mass is 9.65. The highest BCUT2D eigenvalue weighted by Crippen LogP contribution is 2.63. The Bertz CT molecular complexity index is 1370. The van der Waals surface area contributed by atoms with Crippen molar-refractivity contribution in [1.82, 2.24) is 10.1 Å². The van der Waals surface area contributed by atoms with Crippen molar-refractivity contribution in [3.8, 4) is 0 Å². The Morgan fingerprint density at radius 1 is 1.05 bits per heavy atom. The first-order valence-corrected chi connectivity index (χ1v) is 12.6. The minimum absolute atomic E-state index is 0.0251. The number of carbonyl (C=O) groups excluding carboxylic acids is 1. The van der Waals surface area contributed by atoms with Crippen LogP contribution in [0.15, 0.2) is 89.5 Å². The zero-order chi connectivity index (χ0) is 25.6. The van der Waals surface area contributed by atoms with E-state index in [0.717, 1.165) is 11.1 Å². The van der Waals surface area contributed by atoms with Crippen LogP contribution in [0.5, 0.6) is 0 Å². The zero-order valence-electron chi connectivity index (χ0n) is 20.5. The molecule has 2 aliphatic carbocycles. The normalized spacial score (nSPS) is 25.8. The molecule has 1 saturated heterocycles. The van der Waals surface area contributed by atoms with Crippen LogP contribution in [0.3, 0.4) is 0 Å². The van der Waals surface area contributed by atoms with Gasteiger partial charge in [0, 0.05) is 12.5 Å². The number of hydrogen-bond donors (Lipinski definition) is 1. The Labute approximate surface area is 215 Å². The van der Waals surface area contributed by atoms with E-state index >= 15 is 0 Å². The molecule has 3 aliphatic rings. The van der Waals surface area contributed by atoms with Gasteiger partial charge in [-0.15, -0.1) is 0 Å². The van der Waals surface area contributed by atoms with E-state index in [-0.39, 0.29) is 5.92 Å². The molecule has 1 N–H and O–H groups in total. The Balaban J connectivity index is 1.37. The molecule has 1 amide bonds. The van der Waals surface area contributed by atoms with Crippen LogP contribution in [-0.2, 0) is 21.5 Å². The summed E-state index contributed by atoms with van der Waals surface area (Å²) in [5.41, 5.74) is 1.32. The number of cyclic esters (lactones) is 1. The second-order valence-corrected chi connectivity index (χ2v) is 10.2. The monoisotopic (exact) mass is 496 g/mol. The topological polar surface area (TPSA) is 92.9 Å². The summed E-state index contributed by atoms with van der Waals surface area (Å²) in [5.74, 6) is -0.394. The molecule has 7 heteroatoms. The number of hydrogen-bond acceptors (Lipinski definition) is 5. The number of allylic oxidation sites excluding steroid dienone is 4.